The van der Waals surface area contributed by atoms with Crippen LogP contribution in [0, 0.1) is 0 Å². The maximum Gasteiger partial charge on any atom is 0.298 e. The van der Waals surface area contributed by atoms with E-state index in [0.717, 1.165) is 66.7 Å². The summed E-state index contributed by atoms with van der Waals surface area (Å²) in [5, 5.41) is 4.10. The Morgan fingerprint density at radius 1 is 1.37 bits per heavy atom. The van der Waals surface area contributed by atoms with E-state index < -0.39 is 0 Å². The number of hydrogen-bond acceptors (Lipinski definition) is 4. The molecule has 0 atom stereocenters. The van der Waals surface area contributed by atoms with E-state index in [-0.39, 0.29) is 0 Å². The molecule has 4 nitrogen and oxygen atoms in total. The van der Waals surface area contributed by atoms with Crippen molar-refractivity contribution >= 4 is 28.7 Å². The summed E-state index contributed by atoms with van der Waals surface area (Å²) in [6.45, 7) is 6.04. The highest BCUT2D eigenvalue weighted by molar-refractivity contribution is 6.31. The molecule has 1 aromatic heterocycles. The van der Waals surface area contributed by atoms with Crippen LogP contribution in [0.3, 0.4) is 0 Å². The van der Waals surface area contributed by atoms with Gasteiger partial charge in [-0.05, 0) is 37.1 Å². The van der Waals surface area contributed by atoms with Crippen molar-refractivity contribution in [2.45, 2.75) is 19.8 Å². The van der Waals surface area contributed by atoms with Crippen LogP contribution in [0.25, 0.3) is 11.1 Å². The normalized spacial score (nSPS) is 16.8. The summed E-state index contributed by atoms with van der Waals surface area (Å²) in [4.78, 5) is 6.80. The van der Waals surface area contributed by atoms with Crippen LogP contribution in [0.5, 0.6) is 0 Å². The van der Waals surface area contributed by atoms with Gasteiger partial charge in [0.05, 0.1) is 0 Å². The number of aromatic nitrogens is 1. The molecule has 1 N–H and O–H groups in total. The summed E-state index contributed by atoms with van der Waals surface area (Å²) in [5.41, 5.74) is 2.85. The van der Waals surface area contributed by atoms with Crippen LogP contribution >= 0.6 is 11.6 Å². The number of nitrogens with zero attached hydrogens (tertiary/aromatic N) is 2. The lowest BCUT2D eigenvalue weighted by molar-refractivity contribution is 0.568. The minimum absolute atomic E-state index is 0.718. The van der Waals surface area contributed by atoms with E-state index in [1.165, 1.54) is 0 Å². The Hall–Kier alpha value is -1.26. The summed E-state index contributed by atoms with van der Waals surface area (Å²) in [7, 11) is 0. The van der Waals surface area contributed by atoms with Crippen LogP contribution in [0.4, 0.5) is 6.01 Å². The molecule has 1 aliphatic rings. The second kappa shape index (κ2) is 5.39. The van der Waals surface area contributed by atoms with Crippen molar-refractivity contribution in [1.29, 1.82) is 0 Å². The van der Waals surface area contributed by atoms with Gasteiger partial charge in [-0.3, -0.25) is 0 Å². The van der Waals surface area contributed by atoms with Crippen molar-refractivity contribution < 1.29 is 4.42 Å². The summed E-state index contributed by atoms with van der Waals surface area (Å²) in [6.07, 6.45) is 2.01. The van der Waals surface area contributed by atoms with Gasteiger partial charge in [-0.2, -0.15) is 4.98 Å². The number of oxazole rings is 1. The number of rotatable bonds is 2. The van der Waals surface area contributed by atoms with Crippen molar-refractivity contribution in [2.24, 2.45) is 0 Å². The summed E-state index contributed by atoms with van der Waals surface area (Å²) < 4.78 is 5.97. The number of nitrogens with one attached hydrogen (secondary N) is 1. The summed E-state index contributed by atoms with van der Waals surface area (Å²) >= 11 is 6.12. The van der Waals surface area contributed by atoms with E-state index in [1.54, 1.807) is 0 Å². The molecule has 0 saturated carbocycles. The lowest BCUT2D eigenvalue weighted by Gasteiger charge is -2.16. The zero-order valence-corrected chi connectivity index (χ0v) is 11.8. The van der Waals surface area contributed by atoms with Crippen LogP contribution in [-0.4, -0.2) is 31.2 Å². The zero-order chi connectivity index (χ0) is 13.2. The molecule has 0 spiro atoms. The number of benzene rings is 1. The van der Waals surface area contributed by atoms with Gasteiger partial charge in [-0.15, -0.1) is 0 Å². The second-order valence-corrected chi connectivity index (χ2v) is 5.29. The standard InChI is InChI=1S/C14H18ClN3O/c1-2-10-8-11(15)9-12-13(10)19-14(17-12)18-6-3-4-16-5-7-18/h8-9,16H,2-7H2,1H3. The minimum atomic E-state index is 0.718. The van der Waals surface area contributed by atoms with E-state index in [1.807, 2.05) is 12.1 Å². The second-order valence-electron chi connectivity index (χ2n) is 4.85. The van der Waals surface area contributed by atoms with Crippen LogP contribution in [0.1, 0.15) is 18.9 Å². The first kappa shape index (κ1) is 12.8. The summed E-state index contributed by atoms with van der Waals surface area (Å²) in [5.74, 6) is 0. The fourth-order valence-electron chi connectivity index (χ4n) is 2.49. The van der Waals surface area contributed by atoms with Crippen LogP contribution in [-0.2, 0) is 6.42 Å². The van der Waals surface area contributed by atoms with Crippen molar-refractivity contribution in [2.75, 3.05) is 31.1 Å². The molecule has 0 radical (unpaired) electrons. The van der Waals surface area contributed by atoms with Crippen molar-refractivity contribution in [3.8, 4) is 0 Å². The molecule has 0 amide bonds. The Morgan fingerprint density at radius 3 is 3.11 bits per heavy atom. The third kappa shape index (κ3) is 2.55. The Labute approximate surface area is 117 Å². The first-order valence-electron chi connectivity index (χ1n) is 6.82. The zero-order valence-electron chi connectivity index (χ0n) is 11.1. The first-order valence-corrected chi connectivity index (χ1v) is 7.20. The Morgan fingerprint density at radius 2 is 2.26 bits per heavy atom. The van der Waals surface area contributed by atoms with Gasteiger partial charge in [0, 0.05) is 24.7 Å². The molecule has 5 heteroatoms. The Kier molecular flexibility index (Phi) is 3.62. The molecule has 19 heavy (non-hydrogen) atoms. The van der Waals surface area contributed by atoms with E-state index in [2.05, 4.69) is 22.1 Å². The molecular formula is C14H18ClN3O. The molecule has 1 saturated heterocycles. The Bertz CT molecular complexity index is 573. The van der Waals surface area contributed by atoms with E-state index in [9.17, 15) is 0 Å². The van der Waals surface area contributed by atoms with Gasteiger partial charge in [-0.1, -0.05) is 18.5 Å². The highest BCUT2D eigenvalue weighted by Crippen LogP contribution is 2.28. The van der Waals surface area contributed by atoms with Crippen molar-refractivity contribution in [3.63, 3.8) is 0 Å². The van der Waals surface area contributed by atoms with Crippen molar-refractivity contribution in [3.05, 3.63) is 22.7 Å². The largest absolute Gasteiger partial charge is 0.423 e. The van der Waals surface area contributed by atoms with Gasteiger partial charge in [0.25, 0.3) is 6.01 Å². The van der Waals surface area contributed by atoms with Gasteiger partial charge < -0.3 is 14.6 Å². The predicted molar refractivity (Wildman–Crippen MR) is 78.1 cm³/mol. The number of aryl methyl sites for hydroxylation is 1. The fourth-order valence-corrected chi connectivity index (χ4v) is 2.72. The van der Waals surface area contributed by atoms with Gasteiger partial charge in [-0.25, -0.2) is 0 Å². The minimum Gasteiger partial charge on any atom is -0.423 e. The molecule has 0 unspecified atom stereocenters. The smallest absolute Gasteiger partial charge is 0.298 e. The van der Waals surface area contributed by atoms with Gasteiger partial charge in [0.1, 0.15) is 5.52 Å². The van der Waals surface area contributed by atoms with Gasteiger partial charge in [0.2, 0.25) is 0 Å². The van der Waals surface area contributed by atoms with E-state index in [0.29, 0.717) is 0 Å². The molecular weight excluding hydrogens is 262 g/mol. The maximum atomic E-state index is 6.12. The molecule has 2 heterocycles. The highest BCUT2D eigenvalue weighted by atomic mass is 35.5. The number of fused-ring (bicyclic) bond motifs is 1. The molecule has 0 bridgehead atoms. The molecule has 0 aliphatic carbocycles. The van der Waals surface area contributed by atoms with Gasteiger partial charge >= 0.3 is 0 Å². The lowest BCUT2D eigenvalue weighted by Crippen LogP contribution is -2.27. The molecule has 2 aromatic rings. The topological polar surface area (TPSA) is 41.3 Å². The number of anilines is 1. The van der Waals surface area contributed by atoms with E-state index in [4.69, 9.17) is 16.0 Å². The molecule has 1 fully saturated rings. The molecule has 3 rings (SSSR count). The lowest BCUT2D eigenvalue weighted by atomic mass is 10.1. The monoisotopic (exact) mass is 279 g/mol. The predicted octanol–water partition coefficient (Wildman–Crippen LogP) is 2.84. The first-order chi connectivity index (χ1) is 9.28. The SMILES string of the molecule is CCc1cc(Cl)cc2nc(N3CCCNCC3)oc12. The maximum absolute atomic E-state index is 6.12. The van der Waals surface area contributed by atoms with E-state index >= 15 is 0 Å². The Balaban J connectivity index is 2.00. The average Bonchev–Trinajstić information content (AvgIpc) is 2.65. The molecule has 1 aliphatic heterocycles. The average molecular weight is 280 g/mol. The van der Waals surface area contributed by atoms with Gasteiger partial charge in [0.15, 0.2) is 5.58 Å². The molecule has 1 aromatic carbocycles. The molecule has 102 valence electrons. The third-order valence-corrected chi connectivity index (χ3v) is 3.73. The quantitative estimate of drug-likeness (QED) is 0.918. The number of halogens is 1. The summed E-state index contributed by atoms with van der Waals surface area (Å²) in [6, 6.07) is 4.55. The van der Waals surface area contributed by atoms with Crippen LogP contribution in [0.15, 0.2) is 16.5 Å². The van der Waals surface area contributed by atoms with Crippen molar-refractivity contribution in [1.82, 2.24) is 10.3 Å². The van der Waals surface area contributed by atoms with Crippen LogP contribution in [0.2, 0.25) is 5.02 Å². The highest BCUT2D eigenvalue weighted by Gasteiger charge is 2.17. The van der Waals surface area contributed by atoms with Crippen LogP contribution < -0.4 is 10.2 Å². The third-order valence-electron chi connectivity index (χ3n) is 3.51. The number of hydrogen-bond donors (Lipinski definition) is 1. The fraction of sp³-hybridized carbons (Fsp3) is 0.500.